The number of hydrogen-bond acceptors (Lipinski definition) is 6. The van der Waals surface area contributed by atoms with Crippen molar-refractivity contribution >= 4 is 11.9 Å². The van der Waals surface area contributed by atoms with Crippen molar-refractivity contribution in [2.24, 2.45) is 0 Å². The van der Waals surface area contributed by atoms with Crippen LogP contribution in [0.2, 0.25) is 0 Å². The Morgan fingerprint density at radius 1 is 1.06 bits per heavy atom. The fraction of sp³-hybridized carbons (Fsp3) is 0.731. The number of unbranched alkanes of at least 4 members (excludes halogenated alkanes) is 3. The van der Waals surface area contributed by atoms with Gasteiger partial charge in [0.15, 0.2) is 0 Å². The van der Waals surface area contributed by atoms with E-state index in [9.17, 15) is 9.59 Å². The van der Waals surface area contributed by atoms with Gasteiger partial charge in [-0.05, 0) is 37.8 Å². The normalized spacial score (nSPS) is 17.1. The molecule has 0 bridgehead atoms. The van der Waals surface area contributed by atoms with E-state index in [2.05, 4.69) is 20.5 Å². The predicted molar refractivity (Wildman–Crippen MR) is 134 cm³/mol. The molecule has 0 radical (unpaired) electrons. The van der Waals surface area contributed by atoms with Gasteiger partial charge in [-0.25, -0.2) is 9.86 Å². The number of nitrogens with zero attached hydrogens (tertiary/aromatic N) is 3. The monoisotopic (exact) mass is 489 g/mol. The second-order valence-electron chi connectivity index (χ2n) is 9.39. The molecule has 2 heterocycles. The van der Waals surface area contributed by atoms with E-state index in [4.69, 9.17) is 9.57 Å². The van der Waals surface area contributed by atoms with Crippen LogP contribution in [0.15, 0.2) is 24.4 Å². The third-order valence-electron chi connectivity index (χ3n) is 6.65. The number of ether oxygens (including phenoxy) is 1. The van der Waals surface area contributed by atoms with Gasteiger partial charge in [-0.15, -0.1) is 0 Å². The lowest BCUT2D eigenvalue weighted by molar-refractivity contribution is -0.205. The van der Waals surface area contributed by atoms with Gasteiger partial charge in [-0.2, -0.15) is 0 Å². The number of carbonyl (C=O) groups is 2. The van der Waals surface area contributed by atoms with Gasteiger partial charge in [0.05, 0.1) is 38.1 Å². The maximum atomic E-state index is 13.0. The van der Waals surface area contributed by atoms with Crippen molar-refractivity contribution in [3.63, 3.8) is 0 Å². The smallest absolute Gasteiger partial charge is 0.315 e. The fourth-order valence-corrected chi connectivity index (χ4v) is 4.59. The van der Waals surface area contributed by atoms with Gasteiger partial charge >= 0.3 is 6.03 Å². The Morgan fingerprint density at radius 2 is 1.86 bits per heavy atom. The highest BCUT2D eigenvalue weighted by molar-refractivity contribution is 5.75. The van der Waals surface area contributed by atoms with Crippen LogP contribution in [0.25, 0.3) is 0 Å². The third-order valence-corrected chi connectivity index (χ3v) is 6.65. The van der Waals surface area contributed by atoms with Gasteiger partial charge in [-0.3, -0.25) is 19.5 Å². The zero-order valence-electron chi connectivity index (χ0n) is 21.1. The van der Waals surface area contributed by atoms with Crippen LogP contribution < -0.4 is 10.6 Å². The number of morpholine rings is 1. The molecule has 1 aliphatic carbocycles. The predicted octanol–water partition coefficient (Wildman–Crippen LogP) is 3.26. The summed E-state index contributed by atoms with van der Waals surface area (Å²) >= 11 is 0. The molecule has 1 aliphatic heterocycles. The van der Waals surface area contributed by atoms with Crippen LogP contribution in [0, 0.1) is 0 Å². The molecule has 9 heteroatoms. The molecule has 1 aromatic heterocycles. The SMILES string of the molecule is O=C(NCCCCCCC(=O)N(OCCN1CCOCC1)C1CCCCC1)NCc1ccccn1. The second kappa shape index (κ2) is 16.4. The molecule has 35 heavy (non-hydrogen) atoms. The lowest BCUT2D eigenvalue weighted by atomic mass is 9.95. The quantitative estimate of drug-likeness (QED) is 0.308. The summed E-state index contributed by atoms with van der Waals surface area (Å²) in [7, 11) is 0. The van der Waals surface area contributed by atoms with Crippen molar-refractivity contribution in [3.05, 3.63) is 30.1 Å². The van der Waals surface area contributed by atoms with E-state index in [0.29, 0.717) is 26.1 Å². The minimum Gasteiger partial charge on any atom is -0.379 e. The first-order valence-electron chi connectivity index (χ1n) is 13.4. The van der Waals surface area contributed by atoms with E-state index in [1.54, 1.807) is 11.3 Å². The van der Waals surface area contributed by atoms with Crippen LogP contribution in [0.1, 0.15) is 69.9 Å². The maximum Gasteiger partial charge on any atom is 0.315 e. The topological polar surface area (TPSA) is 96.0 Å². The average Bonchev–Trinajstić information content (AvgIpc) is 2.91. The fourth-order valence-electron chi connectivity index (χ4n) is 4.59. The second-order valence-corrected chi connectivity index (χ2v) is 9.39. The third kappa shape index (κ3) is 10.9. The molecule has 0 spiro atoms. The summed E-state index contributed by atoms with van der Waals surface area (Å²) in [5, 5.41) is 7.41. The van der Waals surface area contributed by atoms with Gasteiger partial charge in [0, 0.05) is 38.8 Å². The van der Waals surface area contributed by atoms with Crippen molar-refractivity contribution in [1.82, 2.24) is 25.6 Å². The molecule has 0 aromatic carbocycles. The number of nitrogens with one attached hydrogen (secondary N) is 2. The van der Waals surface area contributed by atoms with Crippen LogP contribution in [0.3, 0.4) is 0 Å². The van der Waals surface area contributed by atoms with E-state index in [-0.39, 0.29) is 18.0 Å². The lowest BCUT2D eigenvalue weighted by Crippen LogP contribution is -2.44. The Hall–Kier alpha value is -2.23. The lowest BCUT2D eigenvalue weighted by Gasteiger charge is -2.34. The number of amides is 3. The van der Waals surface area contributed by atoms with E-state index < -0.39 is 0 Å². The minimum atomic E-state index is -0.178. The Kier molecular flexibility index (Phi) is 12.9. The molecule has 1 aromatic rings. The molecular formula is C26H43N5O4. The van der Waals surface area contributed by atoms with Crippen LogP contribution in [-0.2, 0) is 20.9 Å². The molecule has 0 unspecified atom stereocenters. The number of hydroxylamine groups is 2. The van der Waals surface area contributed by atoms with Crippen molar-refractivity contribution in [2.75, 3.05) is 46.0 Å². The van der Waals surface area contributed by atoms with Crippen molar-refractivity contribution in [3.8, 4) is 0 Å². The number of carbonyl (C=O) groups excluding carboxylic acids is 2. The first kappa shape index (κ1) is 27.4. The molecule has 0 atom stereocenters. The van der Waals surface area contributed by atoms with Crippen LogP contribution >= 0.6 is 0 Å². The molecule has 2 aliphatic rings. The Balaban J connectivity index is 1.26. The number of urea groups is 1. The largest absolute Gasteiger partial charge is 0.379 e. The molecular weight excluding hydrogens is 446 g/mol. The summed E-state index contributed by atoms with van der Waals surface area (Å²) in [6.45, 7) is 5.84. The minimum absolute atomic E-state index is 0.117. The van der Waals surface area contributed by atoms with E-state index in [1.807, 2.05) is 18.2 Å². The Bertz CT molecular complexity index is 724. The zero-order chi connectivity index (χ0) is 24.6. The summed E-state index contributed by atoms with van der Waals surface area (Å²) in [4.78, 5) is 37.5. The first-order valence-corrected chi connectivity index (χ1v) is 13.4. The van der Waals surface area contributed by atoms with Crippen LogP contribution in [0.5, 0.6) is 0 Å². The molecule has 2 N–H and O–H groups in total. The van der Waals surface area contributed by atoms with E-state index >= 15 is 0 Å². The van der Waals surface area contributed by atoms with Crippen molar-refractivity contribution in [1.29, 1.82) is 0 Å². The summed E-state index contributed by atoms with van der Waals surface area (Å²) in [5.74, 6) is 0.117. The van der Waals surface area contributed by atoms with Gasteiger partial charge in [0.2, 0.25) is 5.91 Å². The molecule has 9 nitrogen and oxygen atoms in total. The molecule has 2 fully saturated rings. The van der Waals surface area contributed by atoms with Crippen LogP contribution in [0.4, 0.5) is 4.79 Å². The highest BCUT2D eigenvalue weighted by Crippen LogP contribution is 2.24. The van der Waals surface area contributed by atoms with E-state index in [1.165, 1.54) is 19.3 Å². The molecule has 1 saturated carbocycles. The Morgan fingerprint density at radius 3 is 2.63 bits per heavy atom. The summed E-state index contributed by atoms with van der Waals surface area (Å²) in [6, 6.07) is 5.67. The first-order chi connectivity index (χ1) is 17.2. The van der Waals surface area contributed by atoms with E-state index in [0.717, 1.165) is 77.1 Å². The zero-order valence-corrected chi connectivity index (χ0v) is 21.1. The molecule has 1 saturated heterocycles. The Labute approximate surface area is 209 Å². The van der Waals surface area contributed by atoms with Crippen LogP contribution in [-0.4, -0.2) is 78.9 Å². The van der Waals surface area contributed by atoms with Gasteiger partial charge < -0.3 is 15.4 Å². The number of aromatic nitrogens is 1. The molecule has 3 amide bonds. The molecule has 196 valence electrons. The summed E-state index contributed by atoms with van der Waals surface area (Å²) in [5.41, 5.74) is 0.833. The average molecular weight is 490 g/mol. The van der Waals surface area contributed by atoms with Crippen molar-refractivity contribution in [2.45, 2.75) is 76.8 Å². The highest BCUT2D eigenvalue weighted by Gasteiger charge is 2.26. The summed E-state index contributed by atoms with van der Waals surface area (Å²) < 4.78 is 5.41. The highest BCUT2D eigenvalue weighted by atomic mass is 16.7. The van der Waals surface area contributed by atoms with Gasteiger partial charge in [0.1, 0.15) is 0 Å². The number of pyridine rings is 1. The van der Waals surface area contributed by atoms with Gasteiger partial charge in [0.25, 0.3) is 0 Å². The number of rotatable bonds is 14. The van der Waals surface area contributed by atoms with Gasteiger partial charge in [-0.1, -0.05) is 38.2 Å². The standard InChI is InChI=1S/C26H43N5O4/c32-25(13-6-1-2-8-15-28-26(33)29-22-23-10-7-9-14-27-23)31(24-11-4-3-5-12-24)35-21-18-30-16-19-34-20-17-30/h7,9-10,14,24H,1-6,8,11-13,15-22H2,(H2,28,29,33). The summed E-state index contributed by atoms with van der Waals surface area (Å²) in [6.07, 6.45) is 11.6. The number of hydrogen-bond donors (Lipinski definition) is 2. The molecule has 3 rings (SSSR count). The maximum absolute atomic E-state index is 13.0. The van der Waals surface area contributed by atoms with Crippen molar-refractivity contribution < 1.29 is 19.2 Å².